The summed E-state index contributed by atoms with van der Waals surface area (Å²) in [6.45, 7) is 4.59. The van der Waals surface area contributed by atoms with Gasteiger partial charge < -0.3 is 9.64 Å². The zero-order chi connectivity index (χ0) is 23.6. The predicted octanol–water partition coefficient (Wildman–Crippen LogP) is 4.31. The Morgan fingerprint density at radius 3 is 2.61 bits per heavy atom. The van der Waals surface area contributed by atoms with Gasteiger partial charge in [0.05, 0.1) is 35.2 Å². The van der Waals surface area contributed by atoms with Gasteiger partial charge in [0.1, 0.15) is 6.61 Å². The summed E-state index contributed by atoms with van der Waals surface area (Å²) in [5.41, 5.74) is 1.07. The predicted molar refractivity (Wildman–Crippen MR) is 114 cm³/mol. The van der Waals surface area contributed by atoms with Crippen LogP contribution in [0.15, 0.2) is 48.9 Å². The van der Waals surface area contributed by atoms with Gasteiger partial charge in [0.15, 0.2) is 0 Å². The molecule has 1 aliphatic heterocycles. The third kappa shape index (κ3) is 4.84. The zero-order valence-corrected chi connectivity index (χ0v) is 18.3. The van der Waals surface area contributed by atoms with E-state index in [-0.39, 0.29) is 30.4 Å². The molecule has 1 fully saturated rings. The highest BCUT2D eigenvalue weighted by Crippen LogP contribution is 2.30. The highest BCUT2D eigenvalue weighted by molar-refractivity contribution is 5.99. The molecule has 1 amide bonds. The molecule has 0 N–H and O–H groups in total. The van der Waals surface area contributed by atoms with Crippen LogP contribution in [0.3, 0.4) is 0 Å². The topological polar surface area (TPSA) is 73.1 Å². The summed E-state index contributed by atoms with van der Waals surface area (Å²) in [6.07, 6.45) is 1.16. The van der Waals surface area contributed by atoms with Gasteiger partial charge in [-0.25, -0.2) is 4.98 Å². The molecule has 3 aromatic rings. The number of aryl methyl sites for hydroxylation is 1. The Morgan fingerprint density at radius 1 is 1.18 bits per heavy atom. The molecule has 1 aromatic carbocycles. The summed E-state index contributed by atoms with van der Waals surface area (Å²) in [7, 11) is 0. The van der Waals surface area contributed by atoms with E-state index in [2.05, 4.69) is 15.2 Å². The van der Waals surface area contributed by atoms with Crippen molar-refractivity contribution in [2.24, 2.45) is 5.92 Å². The number of aromatic nitrogens is 4. The van der Waals surface area contributed by atoms with Crippen LogP contribution < -0.4 is 4.74 Å². The Labute approximate surface area is 189 Å². The van der Waals surface area contributed by atoms with Crippen LogP contribution in [0.2, 0.25) is 0 Å². The minimum absolute atomic E-state index is 0.0884. The Hall–Kier alpha value is -3.43. The molecule has 174 valence electrons. The Bertz CT molecular complexity index is 1100. The van der Waals surface area contributed by atoms with Gasteiger partial charge in [-0.05, 0) is 43.4 Å². The molecule has 33 heavy (non-hydrogen) atoms. The van der Waals surface area contributed by atoms with Crippen molar-refractivity contribution in [1.82, 2.24) is 24.9 Å². The van der Waals surface area contributed by atoms with Gasteiger partial charge in [0.2, 0.25) is 5.88 Å². The molecule has 1 aliphatic rings. The summed E-state index contributed by atoms with van der Waals surface area (Å²) in [5, 5.41) is 8.34. The third-order valence-electron chi connectivity index (χ3n) is 5.94. The van der Waals surface area contributed by atoms with Gasteiger partial charge >= 0.3 is 6.18 Å². The number of halogens is 3. The first-order valence-corrected chi connectivity index (χ1v) is 10.7. The zero-order valence-electron chi connectivity index (χ0n) is 18.3. The summed E-state index contributed by atoms with van der Waals surface area (Å²) < 4.78 is 44.1. The van der Waals surface area contributed by atoms with E-state index in [1.807, 2.05) is 26.0 Å². The van der Waals surface area contributed by atoms with Gasteiger partial charge in [0, 0.05) is 18.8 Å². The number of amides is 1. The maximum absolute atomic E-state index is 13.7. The molecule has 0 bridgehead atoms. The van der Waals surface area contributed by atoms with Crippen LogP contribution in [-0.2, 0) is 6.18 Å². The van der Waals surface area contributed by atoms with E-state index in [1.54, 1.807) is 23.4 Å². The lowest BCUT2D eigenvalue weighted by molar-refractivity contribution is -0.137. The maximum Gasteiger partial charge on any atom is 0.417 e. The fraction of sp³-hybridized carbons (Fsp3) is 0.391. The highest BCUT2D eigenvalue weighted by atomic mass is 19.4. The number of benzene rings is 1. The van der Waals surface area contributed by atoms with Gasteiger partial charge in [-0.2, -0.15) is 28.2 Å². The average molecular weight is 459 g/mol. The van der Waals surface area contributed by atoms with Crippen LogP contribution in [0.1, 0.15) is 41.3 Å². The Balaban J connectivity index is 1.56. The first kappa shape index (κ1) is 22.8. The molecule has 2 aromatic heterocycles. The van der Waals surface area contributed by atoms with Crippen molar-refractivity contribution in [3.05, 3.63) is 65.6 Å². The van der Waals surface area contributed by atoms with E-state index >= 15 is 0 Å². The number of ether oxygens (including phenoxy) is 1. The van der Waals surface area contributed by atoms with Crippen LogP contribution in [-0.4, -0.2) is 50.0 Å². The van der Waals surface area contributed by atoms with Crippen LogP contribution in [0.5, 0.6) is 5.88 Å². The molecular weight excluding hydrogens is 435 g/mol. The molecule has 0 spiro atoms. The molecule has 1 saturated heterocycles. The van der Waals surface area contributed by atoms with Crippen molar-refractivity contribution >= 4 is 5.91 Å². The van der Waals surface area contributed by atoms with Crippen LogP contribution in [0, 0.1) is 12.8 Å². The van der Waals surface area contributed by atoms with Crippen molar-refractivity contribution < 1.29 is 22.7 Å². The van der Waals surface area contributed by atoms with Crippen molar-refractivity contribution in [2.45, 2.75) is 38.9 Å². The number of rotatable bonds is 5. The molecule has 7 nitrogen and oxygen atoms in total. The highest BCUT2D eigenvalue weighted by Gasteiger charge is 2.35. The number of piperidine rings is 1. The summed E-state index contributed by atoms with van der Waals surface area (Å²) in [4.78, 5) is 20.7. The molecule has 0 radical (unpaired) electrons. The molecule has 10 heteroatoms. The third-order valence-corrected chi connectivity index (χ3v) is 5.94. The Kier molecular flexibility index (Phi) is 6.35. The van der Waals surface area contributed by atoms with E-state index < -0.39 is 11.7 Å². The van der Waals surface area contributed by atoms with Gasteiger partial charge in [-0.3, -0.25) is 4.79 Å². The number of nitrogens with zero attached hydrogens (tertiary/aromatic N) is 5. The van der Waals surface area contributed by atoms with E-state index in [9.17, 15) is 18.0 Å². The van der Waals surface area contributed by atoms with Crippen LogP contribution in [0.4, 0.5) is 13.2 Å². The molecule has 0 unspecified atom stereocenters. The second-order valence-electron chi connectivity index (χ2n) is 8.17. The summed E-state index contributed by atoms with van der Waals surface area (Å²) >= 11 is 0. The second-order valence-corrected chi connectivity index (χ2v) is 8.17. The maximum atomic E-state index is 13.7. The lowest BCUT2D eigenvalue weighted by Crippen LogP contribution is -2.51. The summed E-state index contributed by atoms with van der Waals surface area (Å²) in [5.74, 6) is 0.0823. The van der Waals surface area contributed by atoms with Crippen LogP contribution in [0.25, 0.3) is 5.69 Å². The van der Waals surface area contributed by atoms with Gasteiger partial charge in [-0.1, -0.05) is 19.1 Å². The summed E-state index contributed by atoms with van der Waals surface area (Å²) in [6, 6.07) is 7.39. The monoisotopic (exact) mass is 459 g/mol. The van der Waals surface area contributed by atoms with E-state index in [4.69, 9.17) is 4.74 Å². The Morgan fingerprint density at radius 2 is 1.94 bits per heavy atom. The van der Waals surface area contributed by atoms with Crippen molar-refractivity contribution in [3.63, 3.8) is 0 Å². The minimum atomic E-state index is -4.46. The minimum Gasteiger partial charge on any atom is -0.475 e. The van der Waals surface area contributed by atoms with Crippen LogP contribution >= 0.6 is 0 Å². The van der Waals surface area contributed by atoms with Gasteiger partial charge in [0.25, 0.3) is 5.91 Å². The smallest absolute Gasteiger partial charge is 0.417 e. The molecule has 2 atom stereocenters. The van der Waals surface area contributed by atoms with E-state index in [0.29, 0.717) is 17.8 Å². The molecule has 3 heterocycles. The molecule has 0 aliphatic carbocycles. The fourth-order valence-corrected chi connectivity index (χ4v) is 4.14. The number of likely N-dealkylation sites (tertiary alicyclic amines) is 1. The molecule has 4 rings (SSSR count). The van der Waals surface area contributed by atoms with Crippen molar-refractivity contribution in [1.29, 1.82) is 0 Å². The lowest BCUT2D eigenvalue weighted by Gasteiger charge is -2.40. The molecular formula is C23H24F3N5O2. The van der Waals surface area contributed by atoms with Crippen molar-refractivity contribution in [3.8, 4) is 11.6 Å². The van der Waals surface area contributed by atoms with E-state index in [0.717, 1.165) is 30.7 Å². The SMILES string of the molecule is Cc1cccc(-n2nccn2)c1C(=O)N1CCC[C@@H](C)[C@H]1COc1ccc(C(F)(F)F)cn1. The van der Waals surface area contributed by atoms with Crippen molar-refractivity contribution in [2.75, 3.05) is 13.2 Å². The number of alkyl halides is 3. The second kappa shape index (κ2) is 9.21. The average Bonchev–Trinajstić information content (AvgIpc) is 3.32. The standard InChI is InChI=1S/C23H24F3N5O2/c1-15-6-4-12-30(19(15)14-33-20-9-8-17(13-27-20)23(24,25)26)22(32)21-16(2)5-3-7-18(21)31-28-10-11-29-31/h3,5,7-11,13,15,19H,4,6,12,14H2,1-2H3/t15-,19-/m1/s1. The fourth-order valence-electron chi connectivity index (χ4n) is 4.14. The first-order chi connectivity index (χ1) is 15.8. The number of pyridine rings is 1. The number of carbonyl (C=O) groups excluding carboxylic acids is 1. The number of carbonyl (C=O) groups is 1. The first-order valence-electron chi connectivity index (χ1n) is 10.7. The largest absolute Gasteiger partial charge is 0.475 e. The lowest BCUT2D eigenvalue weighted by atomic mass is 9.90. The van der Waals surface area contributed by atoms with E-state index in [1.165, 1.54) is 10.9 Å². The number of hydrogen-bond donors (Lipinski definition) is 0. The normalized spacial score (nSPS) is 18.9. The molecule has 0 saturated carbocycles. The number of hydrogen-bond acceptors (Lipinski definition) is 5. The van der Waals surface area contributed by atoms with Gasteiger partial charge in [-0.15, -0.1) is 0 Å². The quantitative estimate of drug-likeness (QED) is 0.569.